The highest BCUT2D eigenvalue weighted by Crippen LogP contribution is 2.53. The SMILES string of the molecule is CC1(C)C[C@@H]2C[C@@](C)(CN2S(=O)(=O)c2cccc(C(=O)OCC(=O)NCc3ccccc3)c2)C1. The van der Waals surface area contributed by atoms with Crippen LogP contribution in [-0.4, -0.2) is 43.8 Å². The monoisotopic (exact) mass is 484 g/mol. The summed E-state index contributed by atoms with van der Waals surface area (Å²) in [6.07, 6.45) is 2.67. The molecular formula is C26H32N2O5S. The average molecular weight is 485 g/mol. The van der Waals surface area contributed by atoms with E-state index < -0.39 is 28.5 Å². The zero-order valence-corrected chi connectivity index (χ0v) is 20.7. The topological polar surface area (TPSA) is 92.8 Å². The van der Waals surface area contributed by atoms with Crippen molar-refractivity contribution in [1.29, 1.82) is 0 Å². The van der Waals surface area contributed by atoms with Crippen LogP contribution >= 0.6 is 0 Å². The van der Waals surface area contributed by atoms with Crippen LogP contribution in [0.1, 0.15) is 56.0 Å². The maximum Gasteiger partial charge on any atom is 0.338 e. The van der Waals surface area contributed by atoms with Gasteiger partial charge in [-0.15, -0.1) is 0 Å². The molecule has 1 aliphatic carbocycles. The van der Waals surface area contributed by atoms with Gasteiger partial charge in [0.2, 0.25) is 10.0 Å². The Hall–Kier alpha value is -2.71. The number of amides is 1. The van der Waals surface area contributed by atoms with Crippen LogP contribution in [0.4, 0.5) is 0 Å². The first-order chi connectivity index (χ1) is 16.0. The van der Waals surface area contributed by atoms with Crippen molar-refractivity contribution in [3.05, 3.63) is 65.7 Å². The number of hydrogen-bond acceptors (Lipinski definition) is 5. The molecule has 2 aliphatic rings. The summed E-state index contributed by atoms with van der Waals surface area (Å²) in [7, 11) is -3.76. The van der Waals surface area contributed by atoms with E-state index in [1.807, 2.05) is 30.3 Å². The first-order valence-corrected chi connectivity index (χ1v) is 13.0. The number of sulfonamides is 1. The predicted octanol–water partition coefficient (Wildman–Crippen LogP) is 3.75. The fourth-order valence-electron chi connectivity index (χ4n) is 5.67. The smallest absolute Gasteiger partial charge is 0.338 e. The molecule has 1 saturated heterocycles. The molecule has 2 bridgehead atoms. The van der Waals surface area contributed by atoms with Gasteiger partial charge in [0, 0.05) is 19.1 Å². The Morgan fingerprint density at radius 2 is 1.79 bits per heavy atom. The lowest BCUT2D eigenvalue weighted by Crippen LogP contribution is -2.37. The zero-order chi connectivity index (χ0) is 24.6. The molecule has 182 valence electrons. The molecule has 0 aromatic heterocycles. The van der Waals surface area contributed by atoms with Crippen LogP contribution in [0.5, 0.6) is 0 Å². The molecule has 7 nitrogen and oxygen atoms in total. The number of esters is 1. The summed E-state index contributed by atoms with van der Waals surface area (Å²) in [4.78, 5) is 24.7. The highest BCUT2D eigenvalue weighted by Gasteiger charge is 2.53. The average Bonchev–Trinajstić information content (AvgIpc) is 3.06. The quantitative estimate of drug-likeness (QED) is 0.604. The first-order valence-electron chi connectivity index (χ1n) is 11.6. The molecule has 1 heterocycles. The molecular weight excluding hydrogens is 452 g/mol. The van der Waals surface area contributed by atoms with E-state index in [1.54, 1.807) is 4.31 Å². The molecule has 0 spiro atoms. The lowest BCUT2D eigenvalue weighted by Gasteiger charge is -2.39. The van der Waals surface area contributed by atoms with Gasteiger partial charge in [0.1, 0.15) is 0 Å². The molecule has 0 unspecified atom stereocenters. The molecule has 1 saturated carbocycles. The van der Waals surface area contributed by atoms with Crippen LogP contribution in [0.2, 0.25) is 0 Å². The second kappa shape index (κ2) is 9.15. The maximum atomic E-state index is 13.5. The highest BCUT2D eigenvalue weighted by atomic mass is 32.2. The van der Waals surface area contributed by atoms with Crippen LogP contribution in [-0.2, 0) is 26.1 Å². The third kappa shape index (κ3) is 5.33. The molecule has 34 heavy (non-hydrogen) atoms. The van der Waals surface area contributed by atoms with Crippen molar-refractivity contribution >= 4 is 21.9 Å². The van der Waals surface area contributed by atoms with Gasteiger partial charge in [-0.3, -0.25) is 4.79 Å². The van der Waals surface area contributed by atoms with Gasteiger partial charge >= 0.3 is 5.97 Å². The van der Waals surface area contributed by atoms with E-state index in [9.17, 15) is 18.0 Å². The van der Waals surface area contributed by atoms with E-state index in [2.05, 4.69) is 26.1 Å². The van der Waals surface area contributed by atoms with E-state index in [4.69, 9.17) is 4.74 Å². The third-order valence-electron chi connectivity index (χ3n) is 6.71. The predicted molar refractivity (Wildman–Crippen MR) is 128 cm³/mol. The van der Waals surface area contributed by atoms with E-state index >= 15 is 0 Å². The van der Waals surface area contributed by atoms with E-state index in [1.165, 1.54) is 24.3 Å². The van der Waals surface area contributed by atoms with E-state index in [-0.39, 0.29) is 27.3 Å². The van der Waals surface area contributed by atoms with Crippen LogP contribution in [0.3, 0.4) is 0 Å². The fourth-order valence-corrected chi connectivity index (χ4v) is 7.49. The fraction of sp³-hybridized carbons (Fsp3) is 0.462. The minimum absolute atomic E-state index is 0.0386. The maximum absolute atomic E-state index is 13.5. The third-order valence-corrected chi connectivity index (χ3v) is 8.60. The summed E-state index contributed by atoms with van der Waals surface area (Å²) in [5.74, 6) is -1.17. The second-order valence-corrected chi connectivity index (χ2v) is 12.5. The Morgan fingerprint density at radius 3 is 2.53 bits per heavy atom. The lowest BCUT2D eigenvalue weighted by atomic mass is 9.65. The summed E-state index contributed by atoms with van der Waals surface area (Å²) >= 11 is 0. The van der Waals surface area contributed by atoms with Crippen molar-refractivity contribution in [2.24, 2.45) is 10.8 Å². The van der Waals surface area contributed by atoms with Crippen molar-refractivity contribution in [3.63, 3.8) is 0 Å². The van der Waals surface area contributed by atoms with Gasteiger partial charge in [-0.2, -0.15) is 4.31 Å². The van der Waals surface area contributed by atoms with Gasteiger partial charge in [-0.1, -0.05) is 57.2 Å². The number of rotatable bonds is 7. The Kier molecular flexibility index (Phi) is 6.57. The van der Waals surface area contributed by atoms with E-state index in [0.29, 0.717) is 13.1 Å². The second-order valence-electron chi connectivity index (χ2n) is 10.6. The number of fused-ring (bicyclic) bond motifs is 2. The van der Waals surface area contributed by atoms with Crippen molar-refractivity contribution in [2.45, 2.75) is 57.5 Å². The summed E-state index contributed by atoms with van der Waals surface area (Å²) in [5.41, 5.74) is 1.09. The minimum atomic E-state index is -3.76. The number of benzene rings is 2. The summed E-state index contributed by atoms with van der Waals surface area (Å²) < 4.78 is 33.7. The molecule has 1 amide bonds. The molecule has 2 aromatic carbocycles. The van der Waals surface area contributed by atoms with Gasteiger partial charge in [-0.25, -0.2) is 13.2 Å². The Morgan fingerprint density at radius 1 is 1.06 bits per heavy atom. The van der Waals surface area contributed by atoms with Crippen LogP contribution in [0, 0.1) is 10.8 Å². The number of carbonyl (C=O) groups excluding carboxylic acids is 2. The molecule has 1 aliphatic heterocycles. The molecule has 2 atom stereocenters. The first kappa shape index (κ1) is 24.4. The molecule has 1 N–H and O–H groups in total. The highest BCUT2D eigenvalue weighted by molar-refractivity contribution is 7.89. The van der Waals surface area contributed by atoms with Gasteiger partial charge in [0.15, 0.2) is 6.61 Å². The standard InChI is InChI=1S/C26H32N2O5S/c1-25(2)13-21-14-26(3,17-25)18-28(21)34(31,32)22-11-7-10-20(12-22)24(30)33-16-23(29)27-15-19-8-5-4-6-9-19/h4-12,21H,13-18H2,1-3H3,(H,27,29)/t21-,26-/m1/s1. The van der Waals surface area contributed by atoms with E-state index in [0.717, 1.165) is 24.8 Å². The van der Waals surface area contributed by atoms with Gasteiger partial charge in [0.25, 0.3) is 5.91 Å². The lowest BCUT2D eigenvalue weighted by molar-refractivity contribution is -0.124. The molecule has 4 rings (SSSR count). The minimum Gasteiger partial charge on any atom is -0.452 e. The van der Waals surface area contributed by atoms with Crippen LogP contribution < -0.4 is 5.32 Å². The van der Waals surface area contributed by atoms with Crippen molar-refractivity contribution in [1.82, 2.24) is 9.62 Å². The van der Waals surface area contributed by atoms with Gasteiger partial charge in [0.05, 0.1) is 10.5 Å². The molecule has 2 aromatic rings. The molecule has 8 heteroatoms. The Balaban J connectivity index is 1.40. The largest absolute Gasteiger partial charge is 0.452 e. The number of nitrogens with one attached hydrogen (secondary N) is 1. The van der Waals surface area contributed by atoms with Crippen molar-refractivity contribution in [2.75, 3.05) is 13.2 Å². The number of nitrogens with zero attached hydrogens (tertiary/aromatic N) is 1. The zero-order valence-electron chi connectivity index (χ0n) is 19.9. The normalized spacial score (nSPS) is 23.9. The van der Waals surface area contributed by atoms with Gasteiger partial charge in [-0.05, 0) is 53.9 Å². The summed E-state index contributed by atoms with van der Waals surface area (Å²) in [6, 6.07) is 15.2. The molecule has 0 radical (unpaired) electrons. The molecule has 2 fully saturated rings. The Labute approximate surface area is 201 Å². The van der Waals surface area contributed by atoms with Crippen LogP contribution in [0.15, 0.2) is 59.5 Å². The van der Waals surface area contributed by atoms with Gasteiger partial charge < -0.3 is 10.1 Å². The summed E-state index contributed by atoms with van der Waals surface area (Å²) in [5, 5.41) is 2.69. The number of hydrogen-bond donors (Lipinski definition) is 1. The van der Waals surface area contributed by atoms with Crippen molar-refractivity contribution < 1.29 is 22.7 Å². The van der Waals surface area contributed by atoms with Crippen LogP contribution in [0.25, 0.3) is 0 Å². The van der Waals surface area contributed by atoms with Crippen molar-refractivity contribution in [3.8, 4) is 0 Å². The Bertz CT molecular complexity index is 1180. The summed E-state index contributed by atoms with van der Waals surface area (Å²) in [6.45, 7) is 6.93. The number of carbonyl (C=O) groups is 2. The number of ether oxygens (including phenoxy) is 1.